The molecule has 0 aliphatic heterocycles. The first-order valence-electron chi connectivity index (χ1n) is 7.75. The van der Waals surface area contributed by atoms with Crippen molar-refractivity contribution in [3.63, 3.8) is 0 Å². The van der Waals surface area contributed by atoms with Crippen molar-refractivity contribution >= 4 is 12.0 Å². The monoisotopic (exact) mass is 307 g/mol. The highest BCUT2D eigenvalue weighted by atomic mass is 16.5. The number of allylic oxidation sites excluding steroid dienone is 2. The van der Waals surface area contributed by atoms with Crippen LogP contribution in [0.5, 0.6) is 0 Å². The SMILES string of the molecule is CC(C)C[C@H](NC(=O)OCC1CC=CCC1)C(=O)NCC#N. The highest BCUT2D eigenvalue weighted by molar-refractivity contribution is 5.85. The van der Waals surface area contributed by atoms with Crippen LogP contribution in [0.1, 0.15) is 39.5 Å². The van der Waals surface area contributed by atoms with E-state index in [1.165, 1.54) is 0 Å². The summed E-state index contributed by atoms with van der Waals surface area (Å²) < 4.78 is 5.22. The van der Waals surface area contributed by atoms with E-state index in [9.17, 15) is 9.59 Å². The standard InChI is InChI=1S/C16H25N3O3/c1-12(2)10-14(15(20)18-9-8-17)19-16(21)22-11-13-6-4-3-5-7-13/h3-4,12-14H,5-7,9-11H2,1-2H3,(H,18,20)(H,19,21)/t13?,14-/m0/s1. The van der Waals surface area contributed by atoms with E-state index in [-0.39, 0.29) is 18.4 Å². The predicted octanol–water partition coefficient (Wildman–Crippen LogP) is 2.12. The van der Waals surface area contributed by atoms with Crippen LogP contribution in [0.25, 0.3) is 0 Å². The molecule has 0 aromatic heterocycles. The Balaban J connectivity index is 2.42. The number of hydrogen-bond donors (Lipinski definition) is 2. The van der Waals surface area contributed by atoms with Crippen molar-refractivity contribution in [3.8, 4) is 6.07 Å². The van der Waals surface area contributed by atoms with Gasteiger partial charge in [0.1, 0.15) is 12.6 Å². The molecule has 0 saturated carbocycles. The molecule has 2 atom stereocenters. The number of amides is 2. The number of ether oxygens (including phenoxy) is 1. The molecule has 6 heteroatoms. The molecule has 1 aliphatic carbocycles. The molecule has 122 valence electrons. The smallest absolute Gasteiger partial charge is 0.407 e. The van der Waals surface area contributed by atoms with Crippen LogP contribution in [0.2, 0.25) is 0 Å². The number of nitrogens with one attached hydrogen (secondary N) is 2. The molecule has 22 heavy (non-hydrogen) atoms. The number of nitrogens with zero attached hydrogens (tertiary/aromatic N) is 1. The normalized spacial score (nSPS) is 18.4. The molecule has 0 saturated heterocycles. The summed E-state index contributed by atoms with van der Waals surface area (Å²) >= 11 is 0. The molecule has 2 N–H and O–H groups in total. The van der Waals surface area contributed by atoms with Gasteiger partial charge < -0.3 is 15.4 Å². The number of alkyl carbamates (subject to hydrolysis) is 1. The minimum atomic E-state index is -0.674. The molecular weight excluding hydrogens is 282 g/mol. The van der Waals surface area contributed by atoms with Gasteiger partial charge in [-0.15, -0.1) is 0 Å². The summed E-state index contributed by atoms with van der Waals surface area (Å²) in [5.41, 5.74) is 0. The summed E-state index contributed by atoms with van der Waals surface area (Å²) in [5, 5.41) is 13.6. The van der Waals surface area contributed by atoms with Crippen LogP contribution in [-0.2, 0) is 9.53 Å². The van der Waals surface area contributed by atoms with Crippen molar-refractivity contribution in [2.45, 2.75) is 45.6 Å². The van der Waals surface area contributed by atoms with Crippen molar-refractivity contribution in [3.05, 3.63) is 12.2 Å². The zero-order valence-electron chi connectivity index (χ0n) is 13.3. The van der Waals surface area contributed by atoms with Crippen molar-refractivity contribution in [2.24, 2.45) is 11.8 Å². The summed E-state index contributed by atoms with van der Waals surface area (Å²) in [6.07, 6.45) is 7.11. The van der Waals surface area contributed by atoms with E-state index in [1.54, 1.807) is 0 Å². The fourth-order valence-corrected chi connectivity index (χ4v) is 2.34. The van der Waals surface area contributed by atoms with E-state index < -0.39 is 12.1 Å². The lowest BCUT2D eigenvalue weighted by molar-refractivity contribution is -0.123. The maximum atomic E-state index is 11.9. The van der Waals surface area contributed by atoms with E-state index in [0.717, 1.165) is 19.3 Å². The van der Waals surface area contributed by atoms with Gasteiger partial charge in [0.25, 0.3) is 0 Å². The fraction of sp³-hybridized carbons (Fsp3) is 0.688. The maximum Gasteiger partial charge on any atom is 0.407 e. The van der Waals surface area contributed by atoms with Gasteiger partial charge in [-0.2, -0.15) is 5.26 Å². The molecule has 1 aliphatic rings. The lowest BCUT2D eigenvalue weighted by Gasteiger charge is -2.21. The van der Waals surface area contributed by atoms with E-state index in [2.05, 4.69) is 22.8 Å². The van der Waals surface area contributed by atoms with Crippen LogP contribution in [0.3, 0.4) is 0 Å². The Morgan fingerprint density at radius 3 is 2.77 bits per heavy atom. The number of rotatable bonds is 7. The molecule has 0 aromatic carbocycles. The summed E-state index contributed by atoms with van der Waals surface area (Å²) in [6.45, 7) is 4.22. The Morgan fingerprint density at radius 2 is 2.18 bits per heavy atom. The van der Waals surface area contributed by atoms with Crippen molar-refractivity contribution in [1.29, 1.82) is 5.26 Å². The second kappa shape index (κ2) is 9.82. The van der Waals surface area contributed by atoms with Crippen LogP contribution in [0, 0.1) is 23.2 Å². The molecule has 0 aromatic rings. The highest BCUT2D eigenvalue weighted by Crippen LogP contribution is 2.18. The topological polar surface area (TPSA) is 91.2 Å². The molecule has 1 rings (SSSR count). The van der Waals surface area contributed by atoms with Crippen LogP contribution < -0.4 is 10.6 Å². The fourth-order valence-electron chi connectivity index (χ4n) is 2.34. The Bertz CT molecular complexity index is 440. The molecule has 0 radical (unpaired) electrons. The van der Waals surface area contributed by atoms with Gasteiger partial charge in [0.2, 0.25) is 5.91 Å². The van der Waals surface area contributed by atoms with Crippen LogP contribution in [0.15, 0.2) is 12.2 Å². The highest BCUT2D eigenvalue weighted by Gasteiger charge is 2.23. The van der Waals surface area contributed by atoms with Gasteiger partial charge in [-0.3, -0.25) is 4.79 Å². The molecule has 0 spiro atoms. The van der Waals surface area contributed by atoms with Gasteiger partial charge in [-0.1, -0.05) is 26.0 Å². The lowest BCUT2D eigenvalue weighted by Crippen LogP contribution is -2.47. The number of nitriles is 1. The molecular formula is C16H25N3O3. The Morgan fingerprint density at radius 1 is 1.41 bits per heavy atom. The minimum absolute atomic E-state index is 0.0709. The van der Waals surface area contributed by atoms with Crippen LogP contribution >= 0.6 is 0 Å². The first-order valence-corrected chi connectivity index (χ1v) is 7.75. The first kappa shape index (κ1) is 18.0. The summed E-state index contributed by atoms with van der Waals surface area (Å²) in [6, 6.07) is 1.17. The van der Waals surface area contributed by atoms with Gasteiger partial charge >= 0.3 is 6.09 Å². The molecule has 0 fully saturated rings. The summed E-state index contributed by atoms with van der Waals surface area (Å²) in [5.74, 6) is 0.237. The zero-order chi connectivity index (χ0) is 16.4. The average molecular weight is 307 g/mol. The van der Waals surface area contributed by atoms with E-state index >= 15 is 0 Å². The number of hydrogen-bond acceptors (Lipinski definition) is 4. The van der Waals surface area contributed by atoms with Crippen LogP contribution in [0.4, 0.5) is 4.79 Å². The maximum absolute atomic E-state index is 11.9. The van der Waals surface area contributed by atoms with E-state index in [0.29, 0.717) is 18.9 Å². The lowest BCUT2D eigenvalue weighted by atomic mass is 9.95. The Hall–Kier alpha value is -2.03. The van der Waals surface area contributed by atoms with Crippen molar-refractivity contribution in [2.75, 3.05) is 13.2 Å². The predicted molar refractivity (Wildman–Crippen MR) is 82.8 cm³/mol. The zero-order valence-corrected chi connectivity index (χ0v) is 13.3. The Kier molecular flexibility index (Phi) is 8.05. The number of carbonyl (C=O) groups excluding carboxylic acids is 2. The molecule has 0 heterocycles. The third-order valence-electron chi connectivity index (χ3n) is 3.49. The molecule has 2 amide bonds. The summed E-state index contributed by atoms with van der Waals surface area (Å²) in [7, 11) is 0. The first-order chi connectivity index (χ1) is 10.5. The van der Waals surface area contributed by atoms with E-state index in [1.807, 2.05) is 19.9 Å². The van der Waals surface area contributed by atoms with E-state index in [4.69, 9.17) is 10.00 Å². The van der Waals surface area contributed by atoms with Crippen LogP contribution in [-0.4, -0.2) is 31.2 Å². The molecule has 0 bridgehead atoms. The van der Waals surface area contributed by atoms with Gasteiger partial charge in [-0.25, -0.2) is 4.79 Å². The van der Waals surface area contributed by atoms with Gasteiger partial charge in [0.15, 0.2) is 0 Å². The summed E-state index contributed by atoms with van der Waals surface area (Å²) in [4.78, 5) is 23.8. The minimum Gasteiger partial charge on any atom is -0.449 e. The average Bonchev–Trinajstić information content (AvgIpc) is 2.50. The van der Waals surface area contributed by atoms with Gasteiger partial charge in [-0.05, 0) is 37.5 Å². The number of carbonyl (C=O) groups is 2. The van der Waals surface area contributed by atoms with Crippen molar-refractivity contribution < 1.29 is 14.3 Å². The molecule has 1 unspecified atom stereocenters. The van der Waals surface area contributed by atoms with Gasteiger partial charge in [0.05, 0.1) is 12.7 Å². The third-order valence-corrected chi connectivity index (χ3v) is 3.49. The quantitative estimate of drug-likeness (QED) is 0.557. The largest absolute Gasteiger partial charge is 0.449 e. The van der Waals surface area contributed by atoms with Crippen molar-refractivity contribution in [1.82, 2.24) is 10.6 Å². The van der Waals surface area contributed by atoms with Gasteiger partial charge in [0, 0.05) is 0 Å². The third kappa shape index (κ3) is 7.11. The second-order valence-electron chi connectivity index (χ2n) is 5.95. The molecule has 6 nitrogen and oxygen atoms in total. The second-order valence-corrected chi connectivity index (χ2v) is 5.95. The Labute approximate surface area is 131 Å².